The Labute approximate surface area is 260 Å². The van der Waals surface area contributed by atoms with Crippen molar-refractivity contribution < 1.29 is 51.3 Å². The Morgan fingerprint density at radius 1 is 1.24 bits per heavy atom. The number of alkyl halides is 3. The number of anilines is 1. The van der Waals surface area contributed by atoms with Crippen molar-refractivity contribution >= 4 is 25.1 Å². The van der Waals surface area contributed by atoms with Crippen molar-refractivity contribution in [2.45, 2.75) is 74.8 Å². The van der Waals surface area contributed by atoms with Gasteiger partial charge in [-0.05, 0) is 56.9 Å². The van der Waals surface area contributed by atoms with E-state index in [-0.39, 0.29) is 42.9 Å². The first-order chi connectivity index (χ1) is 21.7. The standard InChI is InChI=1S/C28H32F3N6O8P/c1-16(26(40)43-18-9-7-17(8-10-18)28(29,30)31)36-46(41,45-19-5-3-2-4-6-19)42-14-27(13-32)24(39)22(38)23(44-27)20-11-12-21-25(33)34-15-35-37(20)21/h2-6,11-12,15-18,22-24,38-39H,7-10,14H2,1H3,(H,36,41)(H2,33,34,35)/t16-,17-,18-,22+,23+,24+,27-,46?/m1/s1. The lowest BCUT2D eigenvalue weighted by Gasteiger charge is -2.31. The van der Waals surface area contributed by atoms with Gasteiger partial charge in [-0.3, -0.25) is 9.32 Å². The molecule has 1 aliphatic carbocycles. The zero-order valence-electron chi connectivity index (χ0n) is 24.4. The molecule has 5 rings (SSSR count). The highest BCUT2D eigenvalue weighted by Gasteiger charge is 2.57. The van der Waals surface area contributed by atoms with Crippen LogP contribution in [0.4, 0.5) is 19.0 Å². The molecule has 1 saturated heterocycles. The van der Waals surface area contributed by atoms with E-state index in [4.69, 9.17) is 24.3 Å². The molecule has 18 heteroatoms. The third-order valence-electron chi connectivity index (χ3n) is 7.98. The number of benzene rings is 1. The average Bonchev–Trinajstić information content (AvgIpc) is 3.56. The highest BCUT2D eigenvalue weighted by atomic mass is 31.2. The Bertz CT molecular complexity index is 1630. The molecule has 0 amide bonds. The van der Waals surface area contributed by atoms with Crippen LogP contribution < -0.4 is 15.3 Å². The molecule has 1 aromatic carbocycles. The molecule has 1 unspecified atom stereocenters. The van der Waals surface area contributed by atoms with Gasteiger partial charge in [-0.2, -0.15) is 28.6 Å². The number of aliphatic hydroxyl groups excluding tert-OH is 2. The largest absolute Gasteiger partial charge is 0.461 e. The van der Waals surface area contributed by atoms with Crippen LogP contribution in [0.5, 0.6) is 5.75 Å². The second kappa shape index (κ2) is 13.1. The number of nitrogens with one attached hydrogen (secondary N) is 1. The number of aliphatic hydroxyl groups is 2. The van der Waals surface area contributed by atoms with Crippen molar-refractivity contribution in [3.05, 3.63) is 54.5 Å². The molecule has 3 heterocycles. The quantitative estimate of drug-likeness (QED) is 0.181. The molecule has 1 aliphatic heterocycles. The van der Waals surface area contributed by atoms with E-state index in [1.165, 1.54) is 36.0 Å². The van der Waals surface area contributed by atoms with Gasteiger partial charge in [0.1, 0.15) is 60.7 Å². The molecular weight excluding hydrogens is 636 g/mol. The first kappa shape index (κ1) is 33.6. The molecule has 0 bridgehead atoms. The number of hydrogen-bond donors (Lipinski definition) is 4. The van der Waals surface area contributed by atoms with Gasteiger partial charge >= 0.3 is 19.9 Å². The van der Waals surface area contributed by atoms with Crippen LogP contribution in [0.25, 0.3) is 5.52 Å². The van der Waals surface area contributed by atoms with Crippen LogP contribution in [0, 0.1) is 17.2 Å². The van der Waals surface area contributed by atoms with E-state index in [0.29, 0.717) is 5.52 Å². The summed E-state index contributed by atoms with van der Waals surface area (Å²) in [6.07, 6.45) is -9.11. The summed E-state index contributed by atoms with van der Waals surface area (Å²) in [5, 5.41) is 38.5. The smallest absolute Gasteiger partial charge is 0.459 e. The molecule has 248 valence electrons. The molecular formula is C28H32F3N6O8P. The van der Waals surface area contributed by atoms with Gasteiger partial charge in [-0.15, -0.1) is 0 Å². The first-order valence-corrected chi connectivity index (χ1v) is 15.9. The lowest BCUT2D eigenvalue weighted by molar-refractivity contribution is -0.188. The van der Waals surface area contributed by atoms with Gasteiger partial charge in [-0.1, -0.05) is 18.2 Å². The maximum Gasteiger partial charge on any atom is 0.459 e. The summed E-state index contributed by atoms with van der Waals surface area (Å²) in [4.78, 5) is 16.8. The van der Waals surface area contributed by atoms with Gasteiger partial charge in [0.05, 0.1) is 11.6 Å². The van der Waals surface area contributed by atoms with Gasteiger partial charge in [0.25, 0.3) is 0 Å². The Kier molecular flexibility index (Phi) is 9.60. The molecule has 46 heavy (non-hydrogen) atoms. The fourth-order valence-electron chi connectivity index (χ4n) is 5.43. The zero-order chi connectivity index (χ0) is 33.3. The third kappa shape index (κ3) is 6.97. The molecule has 14 nitrogen and oxygen atoms in total. The highest BCUT2D eigenvalue weighted by molar-refractivity contribution is 7.52. The summed E-state index contributed by atoms with van der Waals surface area (Å²) in [7, 11) is -4.58. The van der Waals surface area contributed by atoms with Crippen molar-refractivity contribution in [2.75, 3.05) is 12.3 Å². The van der Waals surface area contributed by atoms with Gasteiger partial charge in [0, 0.05) is 0 Å². The van der Waals surface area contributed by atoms with E-state index in [0.717, 1.165) is 0 Å². The number of rotatable bonds is 10. The minimum absolute atomic E-state index is 0.0102. The summed E-state index contributed by atoms with van der Waals surface area (Å²) in [6, 6.07) is 11.2. The predicted molar refractivity (Wildman–Crippen MR) is 153 cm³/mol. The molecule has 1 saturated carbocycles. The van der Waals surface area contributed by atoms with E-state index >= 15 is 0 Å². The number of nitrogens with two attached hydrogens (primary N) is 1. The average molecular weight is 669 g/mol. The van der Waals surface area contributed by atoms with Crippen LogP contribution in [0.1, 0.15) is 44.4 Å². The molecule has 2 fully saturated rings. The number of aromatic nitrogens is 3. The maximum atomic E-state index is 14.0. The molecule has 6 atom stereocenters. The van der Waals surface area contributed by atoms with Gasteiger partial charge < -0.3 is 29.9 Å². The Balaban J connectivity index is 1.31. The molecule has 0 spiro atoms. The maximum absolute atomic E-state index is 14.0. The highest BCUT2D eigenvalue weighted by Crippen LogP contribution is 2.48. The topological polar surface area (TPSA) is 204 Å². The Hall–Kier alpha value is -3.78. The number of carbonyl (C=O) groups excluding carboxylic acids is 1. The third-order valence-corrected chi connectivity index (χ3v) is 9.61. The SMILES string of the molecule is C[C@@H](NP(=O)(OC[C@@]1(C#N)O[C@@H](c2ccc3c(N)ncnn23)[C@H](O)[C@@H]1O)Oc1ccccc1)C(=O)O[C@H]1CC[C@H](C(F)(F)F)CC1. The van der Waals surface area contributed by atoms with Crippen LogP contribution in [-0.4, -0.2) is 73.5 Å². The summed E-state index contributed by atoms with van der Waals surface area (Å²) in [5.41, 5.74) is 4.22. The lowest BCUT2D eigenvalue weighted by atomic mass is 9.87. The number of carbonyl (C=O) groups is 1. The van der Waals surface area contributed by atoms with Gasteiger partial charge in [-0.25, -0.2) is 14.1 Å². The number of ether oxygens (including phenoxy) is 2. The summed E-state index contributed by atoms with van der Waals surface area (Å²) in [5.74, 6) is -2.19. The van der Waals surface area contributed by atoms with Crippen LogP contribution in [0.2, 0.25) is 0 Å². The van der Waals surface area contributed by atoms with Crippen molar-refractivity contribution in [3.63, 3.8) is 0 Å². The number of nitrogen functional groups attached to an aromatic ring is 1. The number of para-hydroxylation sites is 1. The molecule has 2 aromatic heterocycles. The van der Waals surface area contributed by atoms with Crippen molar-refractivity contribution in [1.29, 1.82) is 5.26 Å². The van der Waals surface area contributed by atoms with Crippen molar-refractivity contribution in [3.8, 4) is 11.8 Å². The number of fused-ring (bicyclic) bond motifs is 1. The molecule has 5 N–H and O–H groups in total. The van der Waals surface area contributed by atoms with E-state index in [9.17, 15) is 38.0 Å². The second-order valence-electron chi connectivity index (χ2n) is 11.2. The minimum atomic E-state index is -4.58. The number of nitrogens with zero attached hydrogens (tertiary/aromatic N) is 4. The Morgan fingerprint density at radius 2 is 1.93 bits per heavy atom. The molecule has 2 aliphatic rings. The zero-order valence-corrected chi connectivity index (χ0v) is 25.3. The molecule has 3 aromatic rings. The van der Waals surface area contributed by atoms with Crippen LogP contribution >= 0.6 is 7.75 Å². The first-order valence-electron chi connectivity index (χ1n) is 14.3. The van der Waals surface area contributed by atoms with Crippen LogP contribution in [-0.2, 0) is 23.4 Å². The normalized spacial score (nSPS) is 28.7. The summed E-state index contributed by atoms with van der Waals surface area (Å²) < 4.78 is 76.9. The van der Waals surface area contributed by atoms with Crippen molar-refractivity contribution in [2.24, 2.45) is 5.92 Å². The minimum Gasteiger partial charge on any atom is -0.461 e. The number of halogens is 3. The second-order valence-corrected chi connectivity index (χ2v) is 12.8. The van der Waals surface area contributed by atoms with E-state index in [1.807, 2.05) is 0 Å². The lowest BCUT2D eigenvalue weighted by Crippen LogP contribution is -2.46. The van der Waals surface area contributed by atoms with Crippen LogP contribution in [0.3, 0.4) is 0 Å². The summed E-state index contributed by atoms with van der Waals surface area (Å²) >= 11 is 0. The number of hydrogen-bond acceptors (Lipinski definition) is 12. The van der Waals surface area contributed by atoms with E-state index in [2.05, 4.69) is 15.2 Å². The monoisotopic (exact) mass is 668 g/mol. The van der Waals surface area contributed by atoms with Gasteiger partial charge in [0.2, 0.25) is 5.60 Å². The summed E-state index contributed by atoms with van der Waals surface area (Å²) in [6.45, 7) is 0.388. The number of esters is 1. The molecule has 0 radical (unpaired) electrons. The predicted octanol–water partition coefficient (Wildman–Crippen LogP) is 3.21. The fourth-order valence-corrected chi connectivity index (χ4v) is 6.95. The van der Waals surface area contributed by atoms with Gasteiger partial charge in [0.15, 0.2) is 5.82 Å². The van der Waals surface area contributed by atoms with E-state index in [1.54, 1.807) is 30.3 Å². The van der Waals surface area contributed by atoms with Crippen molar-refractivity contribution in [1.82, 2.24) is 19.7 Å². The van der Waals surface area contributed by atoms with E-state index < -0.39 is 68.5 Å². The number of nitriles is 1. The van der Waals surface area contributed by atoms with Crippen LogP contribution in [0.15, 0.2) is 48.8 Å². The fraction of sp³-hybridized carbons (Fsp3) is 0.500. The Morgan fingerprint density at radius 3 is 2.59 bits per heavy atom.